The molecule has 1 saturated heterocycles. The largest absolute Gasteiger partial charge is 0.355 e. The highest BCUT2D eigenvalue weighted by molar-refractivity contribution is 5.81. The highest BCUT2D eigenvalue weighted by Gasteiger charge is 2.21. The van der Waals surface area contributed by atoms with Gasteiger partial charge in [-0.15, -0.1) is 0 Å². The molecule has 0 bridgehead atoms. The topological polar surface area (TPSA) is 50.2 Å². The standard InChI is InChI=1S/C17H30N4O/c1-15(21-11-7-3-4-8-12-21)17(22)18-10-6-5-9-16-13-19-20(2)14-16/h13-15H,3-12H2,1-2H3,(H,18,22)/t15-/m0/s1. The first-order valence-electron chi connectivity index (χ1n) is 8.66. The normalized spacial score (nSPS) is 17.9. The summed E-state index contributed by atoms with van der Waals surface area (Å²) < 4.78 is 1.83. The highest BCUT2D eigenvalue weighted by atomic mass is 16.2. The van der Waals surface area contributed by atoms with Crippen LogP contribution in [-0.4, -0.2) is 46.3 Å². The Morgan fingerprint density at radius 2 is 2.00 bits per heavy atom. The van der Waals surface area contributed by atoms with Gasteiger partial charge >= 0.3 is 0 Å². The summed E-state index contributed by atoms with van der Waals surface area (Å²) in [6, 6.07) is 0.0106. The van der Waals surface area contributed by atoms with Gasteiger partial charge in [-0.1, -0.05) is 12.8 Å². The molecule has 0 spiro atoms. The Kier molecular flexibility index (Phi) is 6.90. The van der Waals surface area contributed by atoms with Crippen molar-refractivity contribution in [2.45, 2.75) is 57.9 Å². The summed E-state index contributed by atoms with van der Waals surface area (Å²) in [5.41, 5.74) is 1.27. The molecule has 1 aliphatic rings. The number of aromatic nitrogens is 2. The molecule has 0 radical (unpaired) electrons. The Bertz CT molecular complexity index is 449. The molecule has 2 rings (SSSR count). The lowest BCUT2D eigenvalue weighted by Gasteiger charge is -2.26. The van der Waals surface area contributed by atoms with Crippen molar-refractivity contribution in [3.8, 4) is 0 Å². The first-order valence-corrected chi connectivity index (χ1v) is 8.66. The first-order chi connectivity index (χ1) is 10.7. The average molecular weight is 306 g/mol. The van der Waals surface area contributed by atoms with Crippen LogP contribution in [0.25, 0.3) is 0 Å². The number of carbonyl (C=O) groups is 1. The molecule has 0 aromatic carbocycles. The molecule has 124 valence electrons. The maximum atomic E-state index is 12.2. The monoisotopic (exact) mass is 306 g/mol. The smallest absolute Gasteiger partial charge is 0.237 e. The van der Waals surface area contributed by atoms with Crippen LogP contribution < -0.4 is 5.32 Å². The van der Waals surface area contributed by atoms with Crippen LogP contribution in [0.15, 0.2) is 12.4 Å². The zero-order valence-electron chi connectivity index (χ0n) is 14.1. The second-order valence-corrected chi connectivity index (χ2v) is 6.40. The van der Waals surface area contributed by atoms with Gasteiger partial charge in [-0.2, -0.15) is 5.10 Å². The maximum Gasteiger partial charge on any atom is 0.237 e. The van der Waals surface area contributed by atoms with Gasteiger partial charge in [0.1, 0.15) is 0 Å². The Balaban J connectivity index is 1.60. The lowest BCUT2D eigenvalue weighted by Crippen LogP contribution is -2.45. The predicted molar refractivity (Wildman–Crippen MR) is 88.7 cm³/mol. The number of rotatable bonds is 7. The molecule has 1 N–H and O–H groups in total. The number of likely N-dealkylation sites (tertiary alicyclic amines) is 1. The molecule has 1 fully saturated rings. The zero-order valence-corrected chi connectivity index (χ0v) is 14.1. The number of aryl methyl sites for hydroxylation is 2. The van der Waals surface area contributed by atoms with E-state index >= 15 is 0 Å². The molecule has 0 saturated carbocycles. The van der Waals surface area contributed by atoms with Crippen molar-refractivity contribution < 1.29 is 4.79 Å². The van der Waals surface area contributed by atoms with Crippen LogP contribution in [-0.2, 0) is 18.3 Å². The molecule has 1 aliphatic heterocycles. The van der Waals surface area contributed by atoms with Gasteiger partial charge in [0.15, 0.2) is 0 Å². The summed E-state index contributed by atoms with van der Waals surface area (Å²) in [7, 11) is 1.94. The van der Waals surface area contributed by atoms with Gasteiger partial charge in [-0.05, 0) is 57.7 Å². The van der Waals surface area contributed by atoms with Gasteiger partial charge in [0.2, 0.25) is 5.91 Å². The molecule has 5 nitrogen and oxygen atoms in total. The fourth-order valence-corrected chi connectivity index (χ4v) is 3.06. The maximum absolute atomic E-state index is 12.2. The van der Waals surface area contributed by atoms with Crippen LogP contribution in [0, 0.1) is 0 Å². The van der Waals surface area contributed by atoms with Crippen molar-refractivity contribution in [2.75, 3.05) is 19.6 Å². The minimum atomic E-state index is 0.0106. The Morgan fingerprint density at radius 1 is 1.27 bits per heavy atom. The zero-order chi connectivity index (χ0) is 15.8. The summed E-state index contributed by atoms with van der Waals surface area (Å²) >= 11 is 0. The van der Waals surface area contributed by atoms with Crippen molar-refractivity contribution in [3.63, 3.8) is 0 Å². The number of carbonyl (C=O) groups excluding carboxylic acids is 1. The molecule has 1 aromatic heterocycles. The second kappa shape index (κ2) is 8.93. The second-order valence-electron chi connectivity index (χ2n) is 6.40. The molecule has 1 amide bonds. The van der Waals surface area contributed by atoms with Crippen molar-refractivity contribution in [2.24, 2.45) is 7.05 Å². The number of amides is 1. The fraction of sp³-hybridized carbons (Fsp3) is 0.765. The van der Waals surface area contributed by atoms with Gasteiger partial charge in [0.05, 0.1) is 12.2 Å². The summed E-state index contributed by atoms with van der Waals surface area (Å²) in [6.07, 6.45) is 12.2. The lowest BCUT2D eigenvalue weighted by atomic mass is 10.1. The van der Waals surface area contributed by atoms with E-state index in [1.54, 1.807) is 0 Å². The third-order valence-corrected chi connectivity index (χ3v) is 4.52. The predicted octanol–water partition coefficient (Wildman–Crippen LogP) is 2.12. The van der Waals surface area contributed by atoms with E-state index in [1.165, 1.54) is 31.2 Å². The van der Waals surface area contributed by atoms with Gasteiger partial charge in [-0.3, -0.25) is 14.4 Å². The van der Waals surface area contributed by atoms with Crippen LogP contribution >= 0.6 is 0 Å². The summed E-state index contributed by atoms with van der Waals surface area (Å²) in [6.45, 7) is 4.94. The van der Waals surface area contributed by atoms with E-state index in [1.807, 2.05) is 24.9 Å². The fourth-order valence-electron chi connectivity index (χ4n) is 3.06. The van der Waals surface area contributed by atoms with Crippen molar-refractivity contribution in [1.29, 1.82) is 0 Å². The Morgan fingerprint density at radius 3 is 2.64 bits per heavy atom. The molecular formula is C17H30N4O. The quantitative estimate of drug-likeness (QED) is 0.785. The molecule has 0 unspecified atom stereocenters. The number of nitrogens with one attached hydrogen (secondary N) is 1. The van der Waals surface area contributed by atoms with Crippen LogP contribution in [0.5, 0.6) is 0 Å². The Labute approximate surface area is 134 Å². The molecule has 5 heteroatoms. The van der Waals surface area contributed by atoms with E-state index in [0.29, 0.717) is 0 Å². The highest BCUT2D eigenvalue weighted by Crippen LogP contribution is 2.12. The minimum Gasteiger partial charge on any atom is -0.355 e. The van der Waals surface area contributed by atoms with Crippen LogP contribution in [0.1, 0.15) is 51.0 Å². The van der Waals surface area contributed by atoms with Crippen LogP contribution in [0.2, 0.25) is 0 Å². The van der Waals surface area contributed by atoms with E-state index in [0.717, 1.165) is 38.9 Å². The van der Waals surface area contributed by atoms with Crippen molar-refractivity contribution >= 4 is 5.91 Å². The molecule has 1 aromatic rings. The number of hydrogen-bond donors (Lipinski definition) is 1. The first kappa shape index (κ1) is 17.0. The third-order valence-electron chi connectivity index (χ3n) is 4.52. The van der Waals surface area contributed by atoms with Gasteiger partial charge in [0, 0.05) is 19.8 Å². The van der Waals surface area contributed by atoms with E-state index in [-0.39, 0.29) is 11.9 Å². The molecule has 22 heavy (non-hydrogen) atoms. The summed E-state index contributed by atoms with van der Waals surface area (Å²) in [5.74, 6) is 0.184. The number of unbranched alkanes of at least 4 members (excludes halogenated alkanes) is 1. The SMILES string of the molecule is C[C@@H](C(=O)NCCCCc1cnn(C)c1)N1CCCCCC1. The van der Waals surface area contributed by atoms with E-state index in [9.17, 15) is 4.79 Å². The van der Waals surface area contributed by atoms with Gasteiger partial charge in [0.25, 0.3) is 0 Å². The lowest BCUT2D eigenvalue weighted by molar-refractivity contribution is -0.125. The average Bonchev–Trinajstić information content (AvgIpc) is 2.77. The van der Waals surface area contributed by atoms with E-state index < -0.39 is 0 Å². The summed E-state index contributed by atoms with van der Waals surface area (Å²) in [4.78, 5) is 14.6. The third kappa shape index (κ3) is 5.44. The van der Waals surface area contributed by atoms with Crippen LogP contribution in [0.4, 0.5) is 0 Å². The molecular weight excluding hydrogens is 276 g/mol. The van der Waals surface area contributed by atoms with E-state index in [2.05, 4.69) is 21.5 Å². The molecule has 2 heterocycles. The van der Waals surface area contributed by atoms with E-state index in [4.69, 9.17) is 0 Å². The minimum absolute atomic E-state index is 0.0106. The summed E-state index contributed by atoms with van der Waals surface area (Å²) in [5, 5.41) is 7.26. The molecule has 0 aliphatic carbocycles. The Hall–Kier alpha value is -1.36. The van der Waals surface area contributed by atoms with Gasteiger partial charge in [-0.25, -0.2) is 0 Å². The molecule has 1 atom stereocenters. The van der Waals surface area contributed by atoms with Crippen molar-refractivity contribution in [3.05, 3.63) is 18.0 Å². The van der Waals surface area contributed by atoms with Crippen molar-refractivity contribution in [1.82, 2.24) is 20.0 Å². The van der Waals surface area contributed by atoms with Crippen LogP contribution in [0.3, 0.4) is 0 Å². The number of hydrogen-bond acceptors (Lipinski definition) is 3. The van der Waals surface area contributed by atoms with Gasteiger partial charge < -0.3 is 5.32 Å². The number of nitrogens with zero attached hydrogens (tertiary/aromatic N) is 3.